The Balaban J connectivity index is 1.89. The zero-order valence-electron chi connectivity index (χ0n) is 18.1. The molecule has 33 heavy (non-hydrogen) atoms. The summed E-state index contributed by atoms with van der Waals surface area (Å²) < 4.78 is 28.0. The maximum Gasteiger partial charge on any atom is 0.267 e. The van der Waals surface area contributed by atoms with Crippen molar-refractivity contribution in [3.63, 3.8) is 0 Å². The molecule has 2 aromatic carbocycles. The molecular formula is C23H23ClN4O4S. The first kappa shape index (κ1) is 24.2. The lowest BCUT2D eigenvalue weighted by atomic mass is 10.2. The number of hydrogen-bond donors (Lipinski definition) is 2. The van der Waals surface area contributed by atoms with Crippen molar-refractivity contribution >= 4 is 39.1 Å². The second kappa shape index (κ2) is 10.0. The number of nitrogens with zero attached hydrogens (tertiary/aromatic N) is 2. The summed E-state index contributed by atoms with van der Waals surface area (Å²) >= 11 is 6.23. The Morgan fingerprint density at radius 1 is 1.09 bits per heavy atom. The topological polar surface area (TPSA) is 122 Å². The molecule has 0 saturated heterocycles. The number of pyridine rings is 1. The van der Waals surface area contributed by atoms with Crippen LogP contribution >= 0.6 is 11.6 Å². The lowest BCUT2D eigenvalue weighted by molar-refractivity contribution is -0.119. The molecular weight excluding hydrogens is 464 g/mol. The third-order valence-electron chi connectivity index (χ3n) is 4.97. The molecule has 0 atom stereocenters. The lowest BCUT2D eigenvalue weighted by Gasteiger charge is -2.26. The summed E-state index contributed by atoms with van der Waals surface area (Å²) in [6.45, 7) is 3.14. The highest BCUT2D eigenvalue weighted by molar-refractivity contribution is 7.92. The average Bonchev–Trinajstić information content (AvgIpc) is 2.78. The average molecular weight is 487 g/mol. The molecule has 0 aliphatic carbocycles. The molecule has 0 bridgehead atoms. The van der Waals surface area contributed by atoms with E-state index in [1.807, 2.05) is 6.92 Å². The van der Waals surface area contributed by atoms with Gasteiger partial charge in [0.1, 0.15) is 12.2 Å². The molecule has 0 fully saturated rings. The molecule has 3 aromatic rings. The van der Waals surface area contributed by atoms with Gasteiger partial charge in [-0.2, -0.15) is 0 Å². The van der Waals surface area contributed by atoms with Crippen molar-refractivity contribution in [2.45, 2.75) is 25.3 Å². The van der Waals surface area contributed by atoms with E-state index in [2.05, 4.69) is 10.3 Å². The molecule has 2 amide bonds. The quantitative estimate of drug-likeness (QED) is 0.506. The molecule has 0 radical (unpaired) electrons. The van der Waals surface area contributed by atoms with E-state index in [1.54, 1.807) is 43.3 Å². The fourth-order valence-corrected chi connectivity index (χ4v) is 4.76. The van der Waals surface area contributed by atoms with Crippen LogP contribution in [0.2, 0.25) is 5.02 Å². The van der Waals surface area contributed by atoms with Crippen LogP contribution < -0.4 is 15.4 Å². The van der Waals surface area contributed by atoms with E-state index < -0.39 is 28.4 Å². The van der Waals surface area contributed by atoms with Gasteiger partial charge in [0, 0.05) is 17.8 Å². The predicted molar refractivity (Wildman–Crippen MR) is 127 cm³/mol. The number of rotatable bonds is 8. The second-order valence-electron chi connectivity index (χ2n) is 7.40. The summed E-state index contributed by atoms with van der Waals surface area (Å²) in [5.74, 6) is -1.22. The maximum atomic E-state index is 13.5. The highest BCUT2D eigenvalue weighted by Gasteiger charge is 2.28. The molecule has 1 aromatic heterocycles. The Morgan fingerprint density at radius 3 is 2.45 bits per heavy atom. The Hall–Kier alpha value is -3.43. The van der Waals surface area contributed by atoms with Crippen molar-refractivity contribution in [2.24, 2.45) is 5.73 Å². The summed E-state index contributed by atoms with van der Waals surface area (Å²) in [4.78, 5) is 28.0. The minimum atomic E-state index is -4.06. The SMILES string of the molecule is Cc1ccc(S(=O)(=O)N(CC(=O)NCc2ccnc(C(N)=O)c2)c2cccc(Cl)c2C)cc1. The van der Waals surface area contributed by atoms with E-state index in [9.17, 15) is 18.0 Å². The Kier molecular flexibility index (Phi) is 7.35. The molecule has 8 nitrogen and oxygen atoms in total. The maximum absolute atomic E-state index is 13.5. The first-order valence-electron chi connectivity index (χ1n) is 9.95. The largest absolute Gasteiger partial charge is 0.364 e. The summed E-state index contributed by atoms with van der Waals surface area (Å²) in [5.41, 5.74) is 7.64. The monoisotopic (exact) mass is 486 g/mol. The number of nitrogens with two attached hydrogens (primary N) is 1. The number of carbonyl (C=O) groups is 2. The van der Waals surface area contributed by atoms with Crippen molar-refractivity contribution in [1.29, 1.82) is 0 Å². The van der Waals surface area contributed by atoms with Gasteiger partial charge in [-0.25, -0.2) is 8.42 Å². The van der Waals surface area contributed by atoms with Gasteiger partial charge < -0.3 is 11.1 Å². The second-order valence-corrected chi connectivity index (χ2v) is 9.67. The number of nitrogens with one attached hydrogen (secondary N) is 1. The molecule has 1 heterocycles. The number of primary amides is 1. The van der Waals surface area contributed by atoms with Crippen LogP contribution in [0.4, 0.5) is 5.69 Å². The normalized spacial score (nSPS) is 11.1. The third kappa shape index (κ3) is 5.68. The van der Waals surface area contributed by atoms with Crippen LogP contribution in [0.5, 0.6) is 0 Å². The summed E-state index contributed by atoms with van der Waals surface area (Å²) in [6, 6.07) is 14.3. The van der Waals surface area contributed by atoms with Crippen molar-refractivity contribution in [3.05, 3.63) is 88.2 Å². The third-order valence-corrected chi connectivity index (χ3v) is 7.15. The van der Waals surface area contributed by atoms with E-state index in [0.717, 1.165) is 9.87 Å². The van der Waals surface area contributed by atoms with Gasteiger partial charge in [-0.05, 0) is 61.4 Å². The molecule has 0 aliphatic rings. The molecule has 3 N–H and O–H groups in total. The van der Waals surface area contributed by atoms with Crippen molar-refractivity contribution < 1.29 is 18.0 Å². The van der Waals surface area contributed by atoms with Crippen molar-refractivity contribution in [3.8, 4) is 0 Å². The zero-order chi connectivity index (χ0) is 24.2. The number of aromatic nitrogens is 1. The van der Waals surface area contributed by atoms with Gasteiger partial charge in [-0.15, -0.1) is 0 Å². The molecule has 0 aliphatic heterocycles. The standard InChI is InChI=1S/C23H23ClN4O4S/c1-15-6-8-18(9-7-15)33(31,32)28(21-5-3-4-19(24)16(21)2)14-22(29)27-13-17-10-11-26-20(12-17)23(25)30/h3-12H,13-14H2,1-2H3,(H2,25,30)(H,27,29). The number of aryl methyl sites for hydroxylation is 1. The van der Waals surface area contributed by atoms with Gasteiger partial charge >= 0.3 is 0 Å². The number of halogens is 1. The van der Waals surface area contributed by atoms with Crippen molar-refractivity contribution in [1.82, 2.24) is 10.3 Å². The number of amides is 2. The van der Waals surface area contributed by atoms with E-state index in [-0.39, 0.29) is 17.1 Å². The van der Waals surface area contributed by atoms with Crippen LogP contribution in [0, 0.1) is 13.8 Å². The number of carbonyl (C=O) groups excluding carboxylic acids is 2. The first-order valence-corrected chi connectivity index (χ1v) is 11.8. The molecule has 0 unspecified atom stereocenters. The van der Waals surface area contributed by atoms with E-state index in [4.69, 9.17) is 17.3 Å². The van der Waals surface area contributed by atoms with Gasteiger partial charge in [-0.3, -0.25) is 18.9 Å². The summed E-state index contributed by atoms with van der Waals surface area (Å²) in [6.07, 6.45) is 1.41. The fourth-order valence-electron chi connectivity index (χ4n) is 3.11. The lowest BCUT2D eigenvalue weighted by Crippen LogP contribution is -2.41. The van der Waals surface area contributed by atoms with Crippen LogP contribution in [0.25, 0.3) is 0 Å². The fraction of sp³-hybridized carbons (Fsp3) is 0.174. The van der Waals surface area contributed by atoms with E-state index in [1.165, 1.54) is 24.4 Å². The highest BCUT2D eigenvalue weighted by Crippen LogP contribution is 2.30. The van der Waals surface area contributed by atoms with E-state index in [0.29, 0.717) is 21.8 Å². The summed E-state index contributed by atoms with van der Waals surface area (Å²) in [5, 5.41) is 3.06. The summed E-state index contributed by atoms with van der Waals surface area (Å²) in [7, 11) is -4.06. The van der Waals surface area contributed by atoms with Gasteiger partial charge in [0.15, 0.2) is 0 Å². The van der Waals surface area contributed by atoms with Crippen LogP contribution in [0.3, 0.4) is 0 Å². The Morgan fingerprint density at radius 2 is 1.79 bits per heavy atom. The van der Waals surface area contributed by atoms with Gasteiger partial charge in [0.05, 0.1) is 10.6 Å². The zero-order valence-corrected chi connectivity index (χ0v) is 19.7. The molecule has 10 heteroatoms. The minimum Gasteiger partial charge on any atom is -0.364 e. The molecule has 3 rings (SSSR count). The Labute approximate surface area is 197 Å². The van der Waals surface area contributed by atoms with Gasteiger partial charge in [0.25, 0.3) is 15.9 Å². The van der Waals surface area contributed by atoms with Crippen LogP contribution in [-0.4, -0.2) is 31.8 Å². The number of sulfonamides is 1. The van der Waals surface area contributed by atoms with Gasteiger partial charge in [0.2, 0.25) is 5.91 Å². The van der Waals surface area contributed by atoms with Gasteiger partial charge in [-0.1, -0.05) is 35.4 Å². The number of benzene rings is 2. The first-order chi connectivity index (χ1) is 15.6. The van der Waals surface area contributed by atoms with Crippen LogP contribution in [-0.2, 0) is 21.4 Å². The molecule has 0 saturated carbocycles. The van der Waals surface area contributed by atoms with Crippen LogP contribution in [0.15, 0.2) is 65.7 Å². The Bertz CT molecular complexity index is 1290. The molecule has 0 spiro atoms. The smallest absolute Gasteiger partial charge is 0.267 e. The predicted octanol–water partition coefficient (Wildman–Crippen LogP) is 2.96. The highest BCUT2D eigenvalue weighted by atomic mass is 35.5. The minimum absolute atomic E-state index is 0.0560. The van der Waals surface area contributed by atoms with Crippen molar-refractivity contribution in [2.75, 3.05) is 10.8 Å². The molecule has 172 valence electrons. The number of hydrogen-bond acceptors (Lipinski definition) is 5. The number of anilines is 1. The van der Waals surface area contributed by atoms with Crippen LogP contribution in [0.1, 0.15) is 27.2 Å². The van der Waals surface area contributed by atoms with E-state index >= 15 is 0 Å².